The third kappa shape index (κ3) is 3.94. The summed E-state index contributed by atoms with van der Waals surface area (Å²) >= 11 is 0. The fourth-order valence-corrected chi connectivity index (χ4v) is 3.70. The van der Waals surface area contributed by atoms with E-state index in [2.05, 4.69) is 10.3 Å². The lowest BCUT2D eigenvalue weighted by molar-refractivity contribution is -0.272. The van der Waals surface area contributed by atoms with Crippen molar-refractivity contribution in [2.75, 3.05) is 5.32 Å². The number of hydrogen-bond acceptors (Lipinski definition) is 5. The maximum absolute atomic E-state index is 13.9. The first-order valence-corrected chi connectivity index (χ1v) is 9.18. The highest BCUT2D eigenvalue weighted by Gasteiger charge is 2.65. The molecule has 2 aromatic rings. The van der Waals surface area contributed by atoms with Crippen LogP contribution in [0.15, 0.2) is 30.5 Å². The van der Waals surface area contributed by atoms with Crippen LogP contribution in [0.25, 0.3) is 0 Å². The topological polar surface area (TPSA) is 91.7 Å². The number of anilines is 1. The maximum Gasteiger partial charge on any atom is 0.417 e. The monoisotopic (exact) mass is 446 g/mol. The Labute approximate surface area is 173 Å². The molecule has 4 unspecified atom stereocenters. The summed E-state index contributed by atoms with van der Waals surface area (Å²) in [6.07, 6.45) is -5.41. The molecule has 1 aliphatic rings. The third-order valence-corrected chi connectivity index (χ3v) is 5.63. The number of nitrogens with zero attached hydrogens (tertiary/aromatic N) is 1. The minimum absolute atomic E-state index is 0.133. The minimum atomic E-state index is -4.89. The minimum Gasteiger partial charge on any atom is -0.505 e. The molecule has 11 heteroatoms. The van der Waals surface area contributed by atoms with Gasteiger partial charge < -0.3 is 20.3 Å². The number of nitrogens with one attached hydrogen (secondary N) is 1. The van der Waals surface area contributed by atoms with Gasteiger partial charge in [0.25, 0.3) is 5.91 Å². The molecule has 168 valence electrons. The van der Waals surface area contributed by atoms with Crippen LogP contribution in [-0.4, -0.2) is 39.0 Å². The van der Waals surface area contributed by atoms with Crippen molar-refractivity contribution >= 4 is 11.6 Å². The van der Waals surface area contributed by atoms with Gasteiger partial charge in [-0.05, 0) is 25.1 Å². The van der Waals surface area contributed by atoms with Crippen LogP contribution >= 0.6 is 0 Å². The van der Waals surface area contributed by atoms with Gasteiger partial charge in [0.1, 0.15) is 6.10 Å². The highest BCUT2D eigenvalue weighted by atomic mass is 19.4. The van der Waals surface area contributed by atoms with E-state index in [4.69, 9.17) is 9.84 Å². The van der Waals surface area contributed by atoms with Gasteiger partial charge in [-0.1, -0.05) is 13.0 Å². The van der Waals surface area contributed by atoms with Gasteiger partial charge in [-0.3, -0.25) is 9.78 Å². The van der Waals surface area contributed by atoms with Crippen LogP contribution in [0, 0.1) is 17.6 Å². The summed E-state index contributed by atoms with van der Waals surface area (Å²) in [7, 11) is 0. The Kier molecular flexibility index (Phi) is 5.94. The predicted molar refractivity (Wildman–Crippen MR) is 98.1 cm³/mol. The van der Waals surface area contributed by atoms with Crippen molar-refractivity contribution < 1.29 is 41.7 Å². The molecule has 3 N–H and O–H groups in total. The van der Waals surface area contributed by atoms with Crippen LogP contribution in [0.4, 0.5) is 27.6 Å². The van der Waals surface area contributed by atoms with Crippen LogP contribution < -0.4 is 5.32 Å². The zero-order chi connectivity index (χ0) is 23.1. The SMILES string of the molecule is CC1C(c2ccc(F)c(F)c2O)C(C(=O)Nc2ccnc(CO)c2)OC1(C)C(F)(F)F. The smallest absolute Gasteiger partial charge is 0.417 e. The Morgan fingerprint density at radius 1 is 1.29 bits per heavy atom. The van der Waals surface area contributed by atoms with E-state index in [0.717, 1.165) is 19.9 Å². The molecule has 1 aliphatic heterocycles. The molecule has 31 heavy (non-hydrogen) atoms. The lowest BCUT2D eigenvalue weighted by Gasteiger charge is -2.31. The van der Waals surface area contributed by atoms with Gasteiger partial charge in [0, 0.05) is 29.3 Å². The second-order valence-corrected chi connectivity index (χ2v) is 7.44. The predicted octanol–water partition coefficient (Wildman–Crippen LogP) is 3.64. The summed E-state index contributed by atoms with van der Waals surface area (Å²) in [5.74, 6) is -8.09. The molecule has 1 amide bonds. The summed E-state index contributed by atoms with van der Waals surface area (Å²) < 4.78 is 74.0. The quantitative estimate of drug-likeness (QED) is 0.624. The number of phenols is 1. The largest absolute Gasteiger partial charge is 0.505 e. The number of carbonyl (C=O) groups excluding carboxylic acids is 1. The lowest BCUT2D eigenvalue weighted by Crippen LogP contribution is -2.47. The van der Waals surface area contributed by atoms with Crippen molar-refractivity contribution in [3.63, 3.8) is 0 Å². The van der Waals surface area contributed by atoms with Crippen molar-refractivity contribution in [1.29, 1.82) is 0 Å². The first-order chi connectivity index (χ1) is 14.4. The number of aliphatic hydroxyl groups is 1. The number of halogens is 5. The molecular weight excluding hydrogens is 427 g/mol. The Hall–Kier alpha value is -2.79. The van der Waals surface area contributed by atoms with Gasteiger partial charge in [-0.25, -0.2) is 4.39 Å². The van der Waals surface area contributed by atoms with Crippen molar-refractivity contribution in [3.8, 4) is 5.75 Å². The molecule has 2 heterocycles. The summed E-state index contributed by atoms with van der Waals surface area (Å²) in [4.78, 5) is 16.7. The van der Waals surface area contributed by atoms with Crippen LogP contribution in [-0.2, 0) is 16.1 Å². The van der Waals surface area contributed by atoms with E-state index in [1.165, 1.54) is 18.3 Å². The van der Waals surface area contributed by atoms with Gasteiger partial charge in [0.05, 0.1) is 12.3 Å². The standard InChI is InChI=1S/C20H19F5N2O4/c1-9-14(12-3-4-13(21)15(22)16(12)29)17(31-19(9,2)20(23,24)25)18(30)27-10-5-6-26-11(7-10)8-28/h3-7,9,14,17,28-29H,8H2,1-2H3,(H,26,27,30). The highest BCUT2D eigenvalue weighted by Crippen LogP contribution is 2.54. The van der Waals surface area contributed by atoms with Gasteiger partial charge in [0.15, 0.2) is 17.2 Å². The Morgan fingerprint density at radius 3 is 2.58 bits per heavy atom. The number of aromatic hydroxyl groups is 1. The van der Waals surface area contributed by atoms with E-state index in [0.29, 0.717) is 6.07 Å². The molecule has 4 atom stereocenters. The number of ether oxygens (including phenoxy) is 1. The van der Waals surface area contributed by atoms with Gasteiger partial charge in [-0.15, -0.1) is 0 Å². The zero-order valence-electron chi connectivity index (χ0n) is 16.4. The number of aromatic nitrogens is 1. The van der Waals surface area contributed by atoms with Crippen LogP contribution in [0.2, 0.25) is 0 Å². The number of benzene rings is 1. The number of aliphatic hydroxyl groups excluding tert-OH is 1. The molecule has 3 rings (SSSR count). The van der Waals surface area contributed by atoms with E-state index < -0.39 is 59.6 Å². The number of phenolic OH excluding ortho intramolecular Hbond substituents is 1. The number of rotatable bonds is 4. The Morgan fingerprint density at radius 2 is 1.97 bits per heavy atom. The van der Waals surface area contributed by atoms with Crippen LogP contribution in [0.5, 0.6) is 5.75 Å². The van der Waals surface area contributed by atoms with E-state index >= 15 is 0 Å². The summed E-state index contributed by atoms with van der Waals surface area (Å²) in [6, 6.07) is 4.24. The summed E-state index contributed by atoms with van der Waals surface area (Å²) in [6.45, 7) is 1.48. The first kappa shape index (κ1) is 22.9. The maximum atomic E-state index is 13.9. The van der Waals surface area contributed by atoms with Crippen LogP contribution in [0.3, 0.4) is 0 Å². The number of carbonyl (C=O) groups is 1. The molecule has 1 saturated heterocycles. The van der Waals surface area contributed by atoms with Crippen molar-refractivity contribution in [1.82, 2.24) is 4.98 Å². The molecule has 6 nitrogen and oxygen atoms in total. The van der Waals surface area contributed by atoms with Crippen molar-refractivity contribution in [2.24, 2.45) is 5.92 Å². The lowest BCUT2D eigenvalue weighted by atomic mass is 9.77. The normalized spacial score (nSPS) is 26.1. The number of alkyl halides is 3. The van der Waals surface area contributed by atoms with E-state index in [1.54, 1.807) is 0 Å². The number of pyridine rings is 1. The van der Waals surface area contributed by atoms with Crippen molar-refractivity contribution in [2.45, 2.75) is 44.3 Å². The van der Waals surface area contributed by atoms with E-state index in [9.17, 15) is 31.9 Å². The molecule has 0 spiro atoms. The summed E-state index contributed by atoms with van der Waals surface area (Å²) in [5, 5.41) is 21.6. The highest BCUT2D eigenvalue weighted by molar-refractivity contribution is 5.95. The number of hydrogen-bond donors (Lipinski definition) is 3. The second kappa shape index (κ2) is 8.04. The fourth-order valence-electron chi connectivity index (χ4n) is 3.70. The average molecular weight is 446 g/mol. The van der Waals surface area contributed by atoms with Gasteiger partial charge in [0.2, 0.25) is 5.82 Å². The van der Waals surface area contributed by atoms with E-state index in [1.807, 2.05) is 0 Å². The molecule has 0 radical (unpaired) electrons. The van der Waals surface area contributed by atoms with Crippen molar-refractivity contribution in [3.05, 3.63) is 53.4 Å². The zero-order valence-corrected chi connectivity index (χ0v) is 16.4. The van der Waals surface area contributed by atoms with Gasteiger partial charge >= 0.3 is 6.18 Å². The Bertz CT molecular complexity index is 1000. The molecule has 1 aromatic heterocycles. The average Bonchev–Trinajstić information content (AvgIpc) is 2.99. The molecule has 1 fully saturated rings. The fraction of sp³-hybridized carbons (Fsp3) is 0.400. The van der Waals surface area contributed by atoms with Crippen LogP contribution in [0.1, 0.15) is 31.0 Å². The third-order valence-electron chi connectivity index (χ3n) is 5.63. The first-order valence-electron chi connectivity index (χ1n) is 9.18. The number of amides is 1. The van der Waals surface area contributed by atoms with E-state index in [-0.39, 0.29) is 16.9 Å². The molecule has 0 saturated carbocycles. The van der Waals surface area contributed by atoms with Gasteiger partial charge in [-0.2, -0.15) is 17.6 Å². The Balaban J connectivity index is 2.04. The molecule has 0 bridgehead atoms. The molecular formula is C20H19F5N2O4. The molecule has 0 aliphatic carbocycles. The second-order valence-electron chi connectivity index (χ2n) is 7.44. The summed E-state index contributed by atoms with van der Waals surface area (Å²) in [5.41, 5.74) is -2.85. The molecule has 1 aromatic carbocycles.